The highest BCUT2D eigenvalue weighted by Gasteiger charge is 2.29. The van der Waals surface area contributed by atoms with Gasteiger partial charge in [-0.05, 0) is 74.0 Å². The van der Waals surface area contributed by atoms with Crippen LogP contribution in [0.15, 0.2) is 66.9 Å². The van der Waals surface area contributed by atoms with E-state index in [1.165, 1.54) is 11.1 Å². The summed E-state index contributed by atoms with van der Waals surface area (Å²) < 4.78 is 0. The van der Waals surface area contributed by atoms with Gasteiger partial charge in [-0.15, -0.1) is 0 Å². The molecule has 1 N–H and O–H groups in total. The maximum atomic E-state index is 13.4. The summed E-state index contributed by atoms with van der Waals surface area (Å²) in [5.41, 5.74) is 3.52. The fraction of sp³-hybridized carbons (Fsp3) is 0.412. The minimum atomic E-state index is -0.154. The zero-order chi connectivity index (χ0) is 26.6. The third kappa shape index (κ3) is 5.88. The van der Waals surface area contributed by atoms with Crippen molar-refractivity contribution in [1.29, 1.82) is 0 Å². The predicted octanol–water partition coefficient (Wildman–Crippen LogP) is 4.17. The van der Waals surface area contributed by atoms with Crippen molar-refractivity contribution >= 4 is 24.0 Å². The molecule has 0 radical (unpaired) electrons. The summed E-state index contributed by atoms with van der Waals surface area (Å²) >= 11 is 0. The van der Waals surface area contributed by atoms with E-state index in [0.29, 0.717) is 18.3 Å². The lowest BCUT2D eigenvalue weighted by Gasteiger charge is -2.34. The van der Waals surface area contributed by atoms with Crippen LogP contribution in [0.1, 0.15) is 53.6 Å². The summed E-state index contributed by atoms with van der Waals surface area (Å²) in [6.45, 7) is 3.28. The molecular formula is C34H39N3O2. The first-order valence-electron chi connectivity index (χ1n) is 14.7. The Morgan fingerprint density at radius 1 is 0.744 bits per heavy atom. The van der Waals surface area contributed by atoms with Crippen LogP contribution < -0.4 is 10.6 Å². The highest BCUT2D eigenvalue weighted by Crippen LogP contribution is 2.25. The Hall–Kier alpha value is -3.60. The van der Waals surface area contributed by atoms with E-state index < -0.39 is 0 Å². The van der Waals surface area contributed by atoms with Gasteiger partial charge in [0, 0.05) is 42.9 Å². The molecule has 202 valence electrons. The van der Waals surface area contributed by atoms with Gasteiger partial charge < -0.3 is 14.8 Å². The second kappa shape index (κ2) is 11.6. The average Bonchev–Trinajstić information content (AvgIpc) is 3.42. The number of benzene rings is 2. The van der Waals surface area contributed by atoms with E-state index >= 15 is 0 Å². The number of carbonyl (C=O) groups is 2. The number of piperidine rings is 2. The molecule has 2 amide bonds. The molecule has 6 rings (SSSR count). The normalized spacial score (nSPS) is 20.2. The third-order valence-electron chi connectivity index (χ3n) is 9.01. The summed E-state index contributed by atoms with van der Waals surface area (Å²) in [4.78, 5) is 34.1. The molecule has 5 heteroatoms. The van der Waals surface area contributed by atoms with E-state index in [1.54, 1.807) is 0 Å². The van der Waals surface area contributed by atoms with Gasteiger partial charge in [-0.2, -0.15) is 0 Å². The monoisotopic (exact) mass is 521 g/mol. The van der Waals surface area contributed by atoms with Crippen LogP contribution in [0.2, 0.25) is 0 Å². The van der Waals surface area contributed by atoms with Gasteiger partial charge in [0.2, 0.25) is 5.91 Å². The predicted molar refractivity (Wildman–Crippen MR) is 155 cm³/mol. The quantitative estimate of drug-likeness (QED) is 0.529. The van der Waals surface area contributed by atoms with Crippen LogP contribution in [-0.2, 0) is 17.6 Å². The number of H-pyrrole nitrogens is 1. The van der Waals surface area contributed by atoms with Crippen molar-refractivity contribution in [2.75, 3.05) is 26.2 Å². The highest BCUT2D eigenvalue weighted by molar-refractivity contribution is 5.95. The van der Waals surface area contributed by atoms with Gasteiger partial charge >= 0.3 is 0 Å². The molecule has 2 aliphatic heterocycles. The molecule has 0 spiro atoms. The van der Waals surface area contributed by atoms with Crippen molar-refractivity contribution < 1.29 is 9.59 Å². The first-order valence-corrected chi connectivity index (χ1v) is 14.7. The Labute approximate surface area is 231 Å². The lowest BCUT2D eigenvalue weighted by Crippen LogP contribution is -2.44. The van der Waals surface area contributed by atoms with E-state index in [1.807, 2.05) is 11.1 Å². The van der Waals surface area contributed by atoms with Crippen LogP contribution in [0.4, 0.5) is 0 Å². The Kier molecular flexibility index (Phi) is 7.67. The summed E-state index contributed by atoms with van der Waals surface area (Å²) in [5, 5.41) is 1.89. The molecule has 2 saturated heterocycles. The molecule has 39 heavy (non-hydrogen) atoms. The molecule has 1 unspecified atom stereocenters. The van der Waals surface area contributed by atoms with Gasteiger partial charge in [0.05, 0.1) is 11.5 Å². The Morgan fingerprint density at radius 3 is 1.85 bits per heavy atom. The smallest absolute Gasteiger partial charge is 0.256 e. The molecule has 1 atom stereocenters. The third-order valence-corrected chi connectivity index (χ3v) is 9.01. The summed E-state index contributed by atoms with van der Waals surface area (Å²) in [5.74, 6) is 1.45. The van der Waals surface area contributed by atoms with Crippen molar-refractivity contribution in [3.63, 3.8) is 0 Å². The first-order chi connectivity index (χ1) is 19.1. The summed E-state index contributed by atoms with van der Waals surface area (Å²) in [6, 6.07) is 21.3. The number of nitrogens with zero attached hydrogens (tertiary/aromatic N) is 2. The molecule has 0 bridgehead atoms. The molecule has 1 aliphatic carbocycles. The number of hydrogen-bond acceptors (Lipinski definition) is 2. The van der Waals surface area contributed by atoms with Crippen molar-refractivity contribution in [2.24, 2.45) is 17.8 Å². The van der Waals surface area contributed by atoms with Crippen molar-refractivity contribution in [1.82, 2.24) is 14.8 Å². The van der Waals surface area contributed by atoms with Crippen LogP contribution >= 0.6 is 0 Å². The fourth-order valence-electron chi connectivity index (χ4n) is 6.67. The van der Waals surface area contributed by atoms with E-state index in [2.05, 4.69) is 82.7 Å². The molecular weight excluding hydrogens is 482 g/mol. The lowest BCUT2D eigenvalue weighted by molar-refractivity contribution is -0.134. The van der Waals surface area contributed by atoms with Crippen molar-refractivity contribution in [3.8, 4) is 0 Å². The molecule has 3 aromatic rings. The van der Waals surface area contributed by atoms with Gasteiger partial charge in [0.1, 0.15) is 0 Å². The zero-order valence-electron chi connectivity index (χ0n) is 22.7. The number of nitrogens with one attached hydrogen (secondary N) is 1. The van der Waals surface area contributed by atoms with Crippen LogP contribution in [0, 0.1) is 17.8 Å². The van der Waals surface area contributed by atoms with E-state index in [0.717, 1.165) is 80.8 Å². The van der Waals surface area contributed by atoms with E-state index in [9.17, 15) is 9.59 Å². The number of hydrogen-bond donors (Lipinski definition) is 1. The zero-order valence-corrected chi connectivity index (χ0v) is 22.7. The molecule has 1 aromatic heterocycles. The standard InChI is InChI=1S/C34H39N3O2/c38-33(36-17-13-27(14-18-36)21-25-7-3-1-4-8-25)29-11-12-30-31(24-35-32(30)23-29)34(39)37-19-15-28(16-20-37)22-26-9-5-2-6-10-26/h1-10,12,23-24,27-29,35H,11,13-22H2. The number of rotatable bonds is 6. The van der Waals surface area contributed by atoms with Crippen molar-refractivity contribution in [2.45, 2.75) is 44.9 Å². The minimum Gasteiger partial charge on any atom is -0.361 e. The molecule has 3 aliphatic rings. The van der Waals surface area contributed by atoms with E-state index in [-0.39, 0.29) is 17.7 Å². The largest absolute Gasteiger partial charge is 0.361 e. The Bertz CT molecular complexity index is 1400. The SMILES string of the molecule is O=C(c1c[nH]c2c1=CCC(C(=O)N1CCC(Cc3ccccc3)CC1)C=2)N1CCC(Cc2ccccc2)CC1. The highest BCUT2D eigenvalue weighted by atomic mass is 16.2. The fourth-order valence-corrected chi connectivity index (χ4v) is 6.67. The Balaban J connectivity index is 1.04. The van der Waals surface area contributed by atoms with Crippen LogP contribution in [-0.4, -0.2) is 52.8 Å². The first kappa shape index (κ1) is 25.7. The van der Waals surface area contributed by atoms with Gasteiger partial charge in [-0.3, -0.25) is 9.59 Å². The molecule has 0 saturated carbocycles. The number of aromatic amines is 1. The lowest BCUT2D eigenvalue weighted by atomic mass is 9.89. The van der Waals surface area contributed by atoms with Crippen LogP contribution in [0.5, 0.6) is 0 Å². The second-order valence-corrected chi connectivity index (χ2v) is 11.6. The number of amides is 2. The van der Waals surface area contributed by atoms with Gasteiger partial charge in [-0.25, -0.2) is 0 Å². The van der Waals surface area contributed by atoms with Crippen LogP contribution in [0.25, 0.3) is 12.2 Å². The Morgan fingerprint density at radius 2 is 1.28 bits per heavy atom. The van der Waals surface area contributed by atoms with Gasteiger partial charge in [-0.1, -0.05) is 66.7 Å². The summed E-state index contributed by atoms with van der Waals surface area (Å²) in [7, 11) is 0. The molecule has 3 heterocycles. The molecule has 2 fully saturated rings. The van der Waals surface area contributed by atoms with Crippen molar-refractivity contribution in [3.05, 3.63) is 94.1 Å². The van der Waals surface area contributed by atoms with Crippen LogP contribution in [0.3, 0.4) is 0 Å². The number of likely N-dealkylation sites (tertiary alicyclic amines) is 2. The van der Waals surface area contributed by atoms with E-state index in [4.69, 9.17) is 0 Å². The topological polar surface area (TPSA) is 56.4 Å². The minimum absolute atomic E-state index is 0.112. The summed E-state index contributed by atoms with van der Waals surface area (Å²) in [6.07, 6.45) is 13.1. The second-order valence-electron chi connectivity index (χ2n) is 11.6. The average molecular weight is 522 g/mol. The maximum absolute atomic E-state index is 13.4. The van der Waals surface area contributed by atoms with Gasteiger partial charge in [0.15, 0.2) is 0 Å². The number of carbonyl (C=O) groups excluding carboxylic acids is 2. The number of fused-ring (bicyclic) bond motifs is 1. The number of aromatic nitrogens is 1. The molecule has 5 nitrogen and oxygen atoms in total. The van der Waals surface area contributed by atoms with Gasteiger partial charge in [0.25, 0.3) is 5.91 Å². The molecule has 2 aromatic carbocycles. The maximum Gasteiger partial charge on any atom is 0.256 e.